The van der Waals surface area contributed by atoms with Crippen LogP contribution in [0.2, 0.25) is 0 Å². The van der Waals surface area contributed by atoms with Crippen LogP contribution < -0.4 is 0 Å². The highest BCUT2D eigenvalue weighted by Gasteiger charge is 2.21. The molecule has 0 saturated carbocycles. The number of unbranched alkanes of at least 4 members (excludes halogenated alkanes) is 1. The standard InChI is InChI=1S/C17H32O6/c1-5-9-10-15(17(19)22-8-4)23-12-14(6-2)11-20-13-16(18)21-7-3/h14-15H,5-13H2,1-4H3. The Hall–Kier alpha value is -1.14. The number of rotatable bonds is 14. The van der Waals surface area contributed by atoms with Crippen molar-refractivity contribution in [3.05, 3.63) is 0 Å². The van der Waals surface area contributed by atoms with Gasteiger partial charge in [-0.2, -0.15) is 0 Å². The molecule has 0 aromatic carbocycles. The van der Waals surface area contributed by atoms with Crippen molar-refractivity contribution >= 4 is 11.9 Å². The van der Waals surface area contributed by atoms with E-state index in [0.717, 1.165) is 19.3 Å². The third kappa shape index (κ3) is 11.1. The molecule has 0 spiro atoms. The predicted octanol–water partition coefficient (Wildman–Crippen LogP) is 2.73. The van der Waals surface area contributed by atoms with E-state index >= 15 is 0 Å². The Bertz CT molecular complexity index is 318. The van der Waals surface area contributed by atoms with Crippen molar-refractivity contribution in [3.8, 4) is 0 Å². The van der Waals surface area contributed by atoms with Gasteiger partial charge in [-0.05, 0) is 26.7 Å². The molecule has 0 amide bonds. The first-order chi connectivity index (χ1) is 11.1. The molecule has 0 fully saturated rings. The summed E-state index contributed by atoms with van der Waals surface area (Å²) in [5, 5.41) is 0. The van der Waals surface area contributed by atoms with Crippen LogP contribution in [0.5, 0.6) is 0 Å². The van der Waals surface area contributed by atoms with Crippen molar-refractivity contribution < 1.29 is 28.5 Å². The monoisotopic (exact) mass is 332 g/mol. The maximum absolute atomic E-state index is 11.9. The summed E-state index contributed by atoms with van der Waals surface area (Å²) >= 11 is 0. The molecule has 0 heterocycles. The first kappa shape index (κ1) is 21.9. The number of hydrogen-bond donors (Lipinski definition) is 0. The highest BCUT2D eigenvalue weighted by atomic mass is 16.6. The highest BCUT2D eigenvalue weighted by Crippen LogP contribution is 2.12. The van der Waals surface area contributed by atoms with Gasteiger partial charge in [0.05, 0.1) is 26.4 Å². The smallest absolute Gasteiger partial charge is 0.335 e. The molecule has 6 nitrogen and oxygen atoms in total. The van der Waals surface area contributed by atoms with Crippen LogP contribution in [0.15, 0.2) is 0 Å². The van der Waals surface area contributed by atoms with Crippen molar-refractivity contribution in [2.45, 2.75) is 59.5 Å². The van der Waals surface area contributed by atoms with Crippen LogP contribution in [-0.4, -0.2) is 51.1 Å². The fourth-order valence-electron chi connectivity index (χ4n) is 1.94. The molecule has 23 heavy (non-hydrogen) atoms. The zero-order valence-corrected chi connectivity index (χ0v) is 15.0. The zero-order valence-electron chi connectivity index (χ0n) is 15.0. The summed E-state index contributed by atoms with van der Waals surface area (Å²) in [7, 11) is 0. The molecule has 0 aromatic rings. The Morgan fingerprint density at radius 3 is 2.22 bits per heavy atom. The molecule has 0 bridgehead atoms. The molecule has 6 heteroatoms. The van der Waals surface area contributed by atoms with Crippen molar-refractivity contribution in [2.24, 2.45) is 5.92 Å². The minimum absolute atomic E-state index is 0.0541. The molecule has 0 aliphatic carbocycles. The third-order valence-corrected chi connectivity index (χ3v) is 3.36. The quantitative estimate of drug-likeness (QED) is 0.456. The van der Waals surface area contributed by atoms with Gasteiger partial charge in [0.25, 0.3) is 0 Å². The van der Waals surface area contributed by atoms with E-state index in [4.69, 9.17) is 18.9 Å². The van der Waals surface area contributed by atoms with Crippen LogP contribution in [-0.2, 0) is 28.5 Å². The van der Waals surface area contributed by atoms with Crippen molar-refractivity contribution in [3.63, 3.8) is 0 Å². The molecule has 0 aliphatic rings. The summed E-state index contributed by atoms with van der Waals surface area (Å²) in [5.41, 5.74) is 0. The number of ether oxygens (including phenoxy) is 4. The van der Waals surface area contributed by atoms with E-state index in [1.165, 1.54) is 0 Å². The Morgan fingerprint density at radius 1 is 0.957 bits per heavy atom. The normalized spacial score (nSPS) is 13.4. The first-order valence-electron chi connectivity index (χ1n) is 8.60. The second kappa shape index (κ2) is 14.5. The Balaban J connectivity index is 4.19. The van der Waals surface area contributed by atoms with E-state index < -0.39 is 6.10 Å². The Morgan fingerprint density at radius 2 is 1.65 bits per heavy atom. The summed E-state index contributed by atoms with van der Waals surface area (Å²) in [4.78, 5) is 23.1. The zero-order chi connectivity index (χ0) is 17.5. The molecule has 2 atom stereocenters. The SMILES string of the molecule is CCCCC(OCC(CC)COCC(=O)OCC)C(=O)OCC. The topological polar surface area (TPSA) is 71.1 Å². The van der Waals surface area contributed by atoms with Crippen molar-refractivity contribution in [2.75, 3.05) is 33.0 Å². The van der Waals surface area contributed by atoms with Crippen LogP contribution >= 0.6 is 0 Å². The van der Waals surface area contributed by atoms with E-state index in [9.17, 15) is 9.59 Å². The van der Waals surface area contributed by atoms with Crippen molar-refractivity contribution in [1.82, 2.24) is 0 Å². The van der Waals surface area contributed by atoms with Gasteiger partial charge in [0.2, 0.25) is 0 Å². The summed E-state index contributed by atoms with van der Waals surface area (Å²) in [6.07, 6.45) is 2.90. The van der Waals surface area contributed by atoms with Gasteiger partial charge in [-0.1, -0.05) is 26.7 Å². The molecule has 0 aromatic heterocycles. The molecular weight excluding hydrogens is 300 g/mol. The molecule has 0 saturated heterocycles. The van der Waals surface area contributed by atoms with E-state index in [2.05, 4.69) is 6.92 Å². The Kier molecular flexibility index (Phi) is 13.7. The van der Waals surface area contributed by atoms with Gasteiger partial charge in [-0.15, -0.1) is 0 Å². The average molecular weight is 332 g/mol. The predicted molar refractivity (Wildman–Crippen MR) is 87.1 cm³/mol. The van der Waals surface area contributed by atoms with Crippen LogP contribution in [0.25, 0.3) is 0 Å². The van der Waals surface area contributed by atoms with E-state index in [1.54, 1.807) is 13.8 Å². The second-order valence-electron chi connectivity index (χ2n) is 5.31. The van der Waals surface area contributed by atoms with Gasteiger partial charge < -0.3 is 18.9 Å². The van der Waals surface area contributed by atoms with Gasteiger partial charge >= 0.3 is 11.9 Å². The Labute approximate surface area is 139 Å². The lowest BCUT2D eigenvalue weighted by atomic mass is 10.1. The number of carbonyl (C=O) groups is 2. The molecular formula is C17H32O6. The maximum atomic E-state index is 11.9. The summed E-state index contributed by atoms with van der Waals surface area (Å²) in [6, 6.07) is 0. The lowest BCUT2D eigenvalue weighted by Gasteiger charge is -2.20. The van der Waals surface area contributed by atoms with Gasteiger partial charge in [-0.25, -0.2) is 9.59 Å². The summed E-state index contributed by atoms with van der Waals surface area (Å²) in [5.74, 6) is -0.540. The molecule has 0 N–H and O–H groups in total. The van der Waals surface area contributed by atoms with E-state index in [-0.39, 0.29) is 24.5 Å². The maximum Gasteiger partial charge on any atom is 0.335 e. The number of hydrogen-bond acceptors (Lipinski definition) is 6. The van der Waals surface area contributed by atoms with Crippen LogP contribution in [0.4, 0.5) is 0 Å². The van der Waals surface area contributed by atoms with Crippen LogP contribution in [0, 0.1) is 5.92 Å². The summed E-state index contributed by atoms with van der Waals surface area (Å²) < 4.78 is 20.9. The molecule has 0 rings (SSSR count). The number of esters is 2. The minimum atomic E-state index is -0.519. The van der Waals surface area contributed by atoms with Crippen LogP contribution in [0.3, 0.4) is 0 Å². The molecule has 2 unspecified atom stereocenters. The van der Waals surface area contributed by atoms with Gasteiger partial charge in [0, 0.05) is 5.92 Å². The van der Waals surface area contributed by atoms with Gasteiger partial charge in [0.15, 0.2) is 6.10 Å². The highest BCUT2D eigenvalue weighted by molar-refractivity contribution is 5.74. The fourth-order valence-corrected chi connectivity index (χ4v) is 1.94. The lowest BCUT2D eigenvalue weighted by molar-refractivity contribution is -0.158. The van der Waals surface area contributed by atoms with E-state index in [1.807, 2.05) is 6.92 Å². The summed E-state index contributed by atoms with van der Waals surface area (Å²) in [6.45, 7) is 9.09. The molecule has 0 radical (unpaired) electrons. The van der Waals surface area contributed by atoms with Gasteiger partial charge in [-0.3, -0.25) is 0 Å². The molecule has 136 valence electrons. The fraction of sp³-hybridized carbons (Fsp3) is 0.882. The lowest BCUT2D eigenvalue weighted by Crippen LogP contribution is -2.30. The second-order valence-corrected chi connectivity index (χ2v) is 5.31. The van der Waals surface area contributed by atoms with Gasteiger partial charge in [0.1, 0.15) is 6.61 Å². The molecule has 0 aliphatic heterocycles. The first-order valence-corrected chi connectivity index (χ1v) is 8.60. The number of carbonyl (C=O) groups excluding carboxylic acids is 2. The van der Waals surface area contributed by atoms with E-state index in [0.29, 0.717) is 32.8 Å². The van der Waals surface area contributed by atoms with Crippen molar-refractivity contribution in [1.29, 1.82) is 0 Å². The third-order valence-electron chi connectivity index (χ3n) is 3.36. The minimum Gasteiger partial charge on any atom is -0.464 e. The largest absolute Gasteiger partial charge is 0.464 e. The average Bonchev–Trinajstić information content (AvgIpc) is 2.53. The van der Waals surface area contributed by atoms with Crippen LogP contribution in [0.1, 0.15) is 53.4 Å².